The molecule has 0 aromatic carbocycles. The Morgan fingerprint density at radius 1 is 1.44 bits per heavy atom. The number of likely N-dealkylation sites (tertiary alicyclic amines) is 1. The Morgan fingerprint density at radius 2 is 2.06 bits per heavy atom. The fourth-order valence-electron chi connectivity index (χ4n) is 2.31. The zero-order valence-electron chi connectivity index (χ0n) is 10.6. The third kappa shape index (κ3) is 1.95. The lowest BCUT2D eigenvalue weighted by atomic mass is 10.1. The third-order valence-corrected chi connectivity index (χ3v) is 3.76. The molecule has 0 bridgehead atoms. The van der Waals surface area contributed by atoms with Gasteiger partial charge in [-0.1, -0.05) is 0 Å². The van der Waals surface area contributed by atoms with E-state index in [2.05, 4.69) is 5.32 Å². The lowest BCUT2D eigenvalue weighted by Gasteiger charge is -2.21. The van der Waals surface area contributed by atoms with Crippen LogP contribution in [0.4, 0.5) is 0 Å². The van der Waals surface area contributed by atoms with Crippen LogP contribution in [0.3, 0.4) is 0 Å². The highest BCUT2D eigenvalue weighted by atomic mass is 16.4. The van der Waals surface area contributed by atoms with Gasteiger partial charge in [0, 0.05) is 12.6 Å². The van der Waals surface area contributed by atoms with Gasteiger partial charge in [-0.25, -0.2) is 0 Å². The van der Waals surface area contributed by atoms with Crippen molar-refractivity contribution in [3.8, 4) is 0 Å². The molecule has 1 atom stereocenters. The minimum atomic E-state index is -1.27. The fraction of sp³-hybridized carbons (Fsp3) is 0.750. The number of carboxylic acid groups (broad SMARTS) is 1. The summed E-state index contributed by atoms with van der Waals surface area (Å²) in [6.07, 6.45) is 1.28. The van der Waals surface area contributed by atoms with Crippen molar-refractivity contribution in [2.45, 2.75) is 45.2 Å². The average Bonchev–Trinajstić information content (AvgIpc) is 3.01. The van der Waals surface area contributed by atoms with Crippen molar-refractivity contribution in [2.24, 2.45) is 5.41 Å². The molecule has 1 unspecified atom stereocenters. The molecule has 0 radical (unpaired) electrons. The lowest BCUT2D eigenvalue weighted by Crippen LogP contribution is -2.47. The van der Waals surface area contributed by atoms with E-state index in [0.717, 1.165) is 0 Å². The summed E-state index contributed by atoms with van der Waals surface area (Å²) < 4.78 is 0. The summed E-state index contributed by atoms with van der Waals surface area (Å²) in [6, 6.07) is -0.453. The maximum absolute atomic E-state index is 12.0. The van der Waals surface area contributed by atoms with Gasteiger partial charge in [0.2, 0.25) is 11.8 Å². The van der Waals surface area contributed by atoms with Crippen molar-refractivity contribution in [3.05, 3.63) is 0 Å². The van der Waals surface area contributed by atoms with E-state index in [4.69, 9.17) is 5.11 Å². The number of aliphatic carboxylic acids is 1. The maximum Gasteiger partial charge on any atom is 0.319 e. The van der Waals surface area contributed by atoms with Crippen molar-refractivity contribution in [1.29, 1.82) is 0 Å². The molecule has 1 aliphatic heterocycles. The third-order valence-electron chi connectivity index (χ3n) is 3.76. The van der Waals surface area contributed by atoms with Crippen molar-refractivity contribution >= 4 is 17.8 Å². The van der Waals surface area contributed by atoms with E-state index in [-0.39, 0.29) is 11.9 Å². The summed E-state index contributed by atoms with van der Waals surface area (Å²) in [5.74, 6) is -1.72. The number of carboxylic acids is 1. The summed E-state index contributed by atoms with van der Waals surface area (Å²) >= 11 is 0. The monoisotopic (exact) mass is 254 g/mol. The molecular weight excluding hydrogens is 236 g/mol. The van der Waals surface area contributed by atoms with Crippen molar-refractivity contribution in [3.63, 3.8) is 0 Å². The number of nitrogens with zero attached hydrogens (tertiary/aromatic N) is 1. The molecule has 0 aromatic rings. The van der Waals surface area contributed by atoms with Gasteiger partial charge in [0.05, 0.1) is 0 Å². The molecule has 2 fully saturated rings. The Bertz CT molecular complexity index is 401. The van der Waals surface area contributed by atoms with E-state index in [1.165, 1.54) is 0 Å². The first-order chi connectivity index (χ1) is 8.38. The molecule has 6 nitrogen and oxygen atoms in total. The van der Waals surface area contributed by atoms with Crippen LogP contribution in [-0.2, 0) is 14.4 Å². The molecular formula is C12H18N2O4. The first-order valence-corrected chi connectivity index (χ1v) is 6.23. The molecule has 18 heavy (non-hydrogen) atoms. The van der Waals surface area contributed by atoms with E-state index >= 15 is 0 Å². The largest absolute Gasteiger partial charge is 0.480 e. The molecule has 1 saturated heterocycles. The fourth-order valence-corrected chi connectivity index (χ4v) is 2.31. The zero-order chi connectivity index (χ0) is 13.5. The standard InChI is InChI=1S/C12H18N2O4/c1-7(2)14-6-3-8(9(14)15)13-10(16)12(4-5-12)11(17)18/h7-8H,3-6H2,1-2H3,(H,13,16)(H,17,18). The van der Waals surface area contributed by atoms with Crippen molar-refractivity contribution in [1.82, 2.24) is 10.2 Å². The lowest BCUT2D eigenvalue weighted by molar-refractivity contribution is -0.150. The number of hydrogen-bond donors (Lipinski definition) is 2. The molecule has 2 N–H and O–H groups in total. The van der Waals surface area contributed by atoms with Gasteiger partial charge in [-0.3, -0.25) is 14.4 Å². The van der Waals surface area contributed by atoms with Crippen molar-refractivity contribution < 1.29 is 19.5 Å². The van der Waals surface area contributed by atoms with Gasteiger partial charge >= 0.3 is 5.97 Å². The van der Waals surface area contributed by atoms with Gasteiger partial charge in [-0.15, -0.1) is 0 Å². The quantitative estimate of drug-likeness (QED) is 0.690. The van der Waals surface area contributed by atoms with Gasteiger partial charge in [0.15, 0.2) is 0 Å². The Morgan fingerprint density at radius 3 is 2.44 bits per heavy atom. The molecule has 2 rings (SSSR count). The first kappa shape index (κ1) is 12.9. The number of amides is 2. The molecule has 2 aliphatic rings. The van der Waals surface area contributed by atoms with E-state index in [1.807, 2.05) is 13.8 Å². The van der Waals surface area contributed by atoms with E-state index in [9.17, 15) is 14.4 Å². The maximum atomic E-state index is 12.0. The van der Waals surface area contributed by atoms with Crippen molar-refractivity contribution in [2.75, 3.05) is 6.54 Å². The van der Waals surface area contributed by atoms with Crippen LogP contribution in [0.15, 0.2) is 0 Å². The van der Waals surface area contributed by atoms with Gasteiger partial charge in [0.25, 0.3) is 0 Å². The van der Waals surface area contributed by atoms with Gasteiger partial charge in [-0.05, 0) is 33.1 Å². The Labute approximate surface area is 105 Å². The minimum Gasteiger partial charge on any atom is -0.480 e. The number of rotatable bonds is 4. The SMILES string of the molecule is CC(C)N1CCC(NC(=O)C2(C(=O)O)CC2)C1=O. The second-order valence-corrected chi connectivity index (χ2v) is 5.33. The summed E-state index contributed by atoms with van der Waals surface area (Å²) in [7, 11) is 0. The number of hydrogen-bond acceptors (Lipinski definition) is 3. The molecule has 1 heterocycles. The van der Waals surface area contributed by atoms with Crippen LogP contribution >= 0.6 is 0 Å². The Kier molecular flexibility index (Phi) is 3.04. The van der Waals surface area contributed by atoms with Gasteiger partial charge in [-0.2, -0.15) is 0 Å². The van der Waals surface area contributed by atoms with Gasteiger partial charge in [0.1, 0.15) is 11.5 Å². The normalized spacial score (nSPS) is 25.4. The van der Waals surface area contributed by atoms with E-state index in [1.54, 1.807) is 4.90 Å². The van der Waals surface area contributed by atoms with Crippen LogP contribution in [0.1, 0.15) is 33.1 Å². The molecule has 6 heteroatoms. The van der Waals surface area contributed by atoms with E-state index < -0.39 is 23.3 Å². The van der Waals surface area contributed by atoms with Crippen LogP contribution in [0.2, 0.25) is 0 Å². The summed E-state index contributed by atoms with van der Waals surface area (Å²) in [4.78, 5) is 36.5. The topological polar surface area (TPSA) is 86.7 Å². The molecule has 1 saturated carbocycles. The molecule has 1 aliphatic carbocycles. The molecule has 0 aromatic heterocycles. The molecule has 100 valence electrons. The minimum absolute atomic E-state index is 0.105. The highest BCUT2D eigenvalue weighted by molar-refractivity contribution is 6.06. The number of carbonyl (C=O) groups excluding carboxylic acids is 2. The second-order valence-electron chi connectivity index (χ2n) is 5.33. The number of nitrogens with one attached hydrogen (secondary N) is 1. The van der Waals surface area contributed by atoms with Crippen LogP contribution in [0.5, 0.6) is 0 Å². The Balaban J connectivity index is 1.98. The number of carbonyl (C=O) groups is 3. The molecule has 2 amide bonds. The average molecular weight is 254 g/mol. The smallest absolute Gasteiger partial charge is 0.319 e. The molecule has 0 spiro atoms. The van der Waals surface area contributed by atoms with Gasteiger partial charge < -0.3 is 15.3 Å². The predicted octanol–water partition coefficient (Wildman–Crippen LogP) is -0.0233. The van der Waals surface area contributed by atoms with Crippen LogP contribution < -0.4 is 5.32 Å². The van der Waals surface area contributed by atoms with Crippen LogP contribution in [-0.4, -0.2) is 46.4 Å². The summed E-state index contributed by atoms with van der Waals surface area (Å²) in [5, 5.41) is 11.6. The van der Waals surface area contributed by atoms with Crippen LogP contribution in [0.25, 0.3) is 0 Å². The zero-order valence-corrected chi connectivity index (χ0v) is 10.6. The van der Waals surface area contributed by atoms with E-state index in [0.29, 0.717) is 25.8 Å². The second kappa shape index (κ2) is 4.26. The highest BCUT2D eigenvalue weighted by Crippen LogP contribution is 2.46. The first-order valence-electron chi connectivity index (χ1n) is 6.23. The summed E-state index contributed by atoms with van der Waals surface area (Å²) in [5.41, 5.74) is -1.27. The Hall–Kier alpha value is -1.59. The van der Waals surface area contributed by atoms with Crippen LogP contribution in [0, 0.1) is 5.41 Å². The summed E-state index contributed by atoms with van der Waals surface area (Å²) in [6.45, 7) is 4.45. The predicted molar refractivity (Wildman–Crippen MR) is 62.7 cm³/mol. The highest BCUT2D eigenvalue weighted by Gasteiger charge is 2.57.